The van der Waals surface area contributed by atoms with E-state index >= 15 is 0 Å². The van der Waals surface area contributed by atoms with E-state index in [0.29, 0.717) is 0 Å². The number of para-hydroxylation sites is 1. The highest BCUT2D eigenvalue weighted by Gasteiger charge is 2.03. The Morgan fingerprint density at radius 1 is 1.22 bits per heavy atom. The number of aromatic nitrogens is 1. The number of pyridine rings is 1. The van der Waals surface area contributed by atoms with Crippen LogP contribution in [0.15, 0.2) is 35.4 Å². The first-order chi connectivity index (χ1) is 8.16. The van der Waals surface area contributed by atoms with Crippen LogP contribution in [0.25, 0.3) is 10.9 Å². The molecule has 0 unspecified atom stereocenters. The zero-order chi connectivity index (χ0) is 12.3. The molecule has 4 heteroatoms. The molecule has 1 aromatic carbocycles. The van der Waals surface area contributed by atoms with Crippen LogP contribution < -0.4 is 0 Å². The van der Waals surface area contributed by atoms with Gasteiger partial charge in [0.25, 0.3) is 0 Å². The fraction of sp³-hybridized carbons (Fsp3) is 0.357. The zero-order valence-corrected chi connectivity index (χ0v) is 12.6. The molecule has 0 aliphatic heterocycles. The van der Waals surface area contributed by atoms with Crippen molar-refractivity contribution < 1.29 is 0 Å². The highest BCUT2D eigenvalue weighted by atomic mass is 35.5. The lowest BCUT2D eigenvalue weighted by Gasteiger charge is -2.10. The van der Waals surface area contributed by atoms with Gasteiger partial charge in [0.15, 0.2) is 0 Å². The molecule has 2 nitrogen and oxygen atoms in total. The Labute approximate surface area is 119 Å². The Bertz CT molecular complexity index is 514. The van der Waals surface area contributed by atoms with Crippen LogP contribution in [0, 0.1) is 6.92 Å². The zero-order valence-electron chi connectivity index (χ0n) is 11.0. The van der Waals surface area contributed by atoms with Crippen molar-refractivity contribution in [3.8, 4) is 0 Å². The lowest BCUT2D eigenvalue weighted by molar-refractivity contribution is 0.437. The van der Waals surface area contributed by atoms with Gasteiger partial charge in [-0.2, -0.15) is 0 Å². The molecule has 0 fully saturated rings. The third kappa shape index (κ3) is 3.87. The summed E-state index contributed by atoms with van der Waals surface area (Å²) < 4.78 is 0. The number of rotatable bonds is 4. The number of aryl methyl sites for hydroxylation is 1. The van der Waals surface area contributed by atoms with Gasteiger partial charge in [-0.15, -0.1) is 24.2 Å². The summed E-state index contributed by atoms with van der Waals surface area (Å²) in [6.45, 7) is 3.22. The second-order valence-electron chi connectivity index (χ2n) is 4.45. The Hall–Kier alpha value is -0.770. The first-order valence-electron chi connectivity index (χ1n) is 5.81. The number of thioether (sulfide) groups is 1. The number of benzene rings is 1. The molecule has 0 saturated heterocycles. The molecule has 0 atom stereocenters. The molecule has 0 saturated carbocycles. The lowest BCUT2D eigenvalue weighted by atomic mass is 10.2. The van der Waals surface area contributed by atoms with E-state index in [1.807, 2.05) is 17.8 Å². The standard InChI is InChI=1S/C14H18N2S.ClH/c1-11-10-12-6-4-5-7-13(12)15-14(11)17-9-8-16(2)3;/h4-7,10H,8-9H2,1-3H3;1H. The number of fused-ring (bicyclic) bond motifs is 1. The molecule has 2 rings (SSSR count). The van der Waals surface area contributed by atoms with Crippen molar-refractivity contribution in [2.45, 2.75) is 11.9 Å². The van der Waals surface area contributed by atoms with Gasteiger partial charge in [-0.25, -0.2) is 4.98 Å². The molecule has 18 heavy (non-hydrogen) atoms. The van der Waals surface area contributed by atoms with Crippen molar-refractivity contribution in [2.24, 2.45) is 0 Å². The van der Waals surface area contributed by atoms with Gasteiger partial charge in [0.05, 0.1) is 10.5 Å². The summed E-state index contributed by atoms with van der Waals surface area (Å²) in [5, 5.41) is 2.38. The predicted octanol–water partition coefficient (Wildman–Crippen LogP) is 3.62. The molecule has 0 bridgehead atoms. The summed E-state index contributed by atoms with van der Waals surface area (Å²) in [5.74, 6) is 1.08. The lowest BCUT2D eigenvalue weighted by Crippen LogP contribution is -2.14. The monoisotopic (exact) mass is 282 g/mol. The topological polar surface area (TPSA) is 16.1 Å². The van der Waals surface area contributed by atoms with Gasteiger partial charge in [0.1, 0.15) is 0 Å². The average molecular weight is 283 g/mol. The van der Waals surface area contributed by atoms with Crippen LogP contribution in [0.1, 0.15) is 5.56 Å². The maximum atomic E-state index is 4.72. The highest BCUT2D eigenvalue weighted by molar-refractivity contribution is 7.99. The molecule has 1 heterocycles. The first kappa shape index (κ1) is 15.3. The van der Waals surface area contributed by atoms with Crippen molar-refractivity contribution in [3.63, 3.8) is 0 Å². The molecule has 0 radical (unpaired) electrons. The van der Waals surface area contributed by atoms with E-state index in [-0.39, 0.29) is 12.4 Å². The van der Waals surface area contributed by atoms with Gasteiger partial charge in [-0.05, 0) is 38.7 Å². The SMILES string of the molecule is Cc1cc2ccccc2nc1SCCN(C)C.Cl. The molecule has 0 amide bonds. The minimum Gasteiger partial charge on any atom is -0.309 e. The van der Waals surface area contributed by atoms with E-state index in [4.69, 9.17) is 4.98 Å². The minimum atomic E-state index is 0. The van der Waals surface area contributed by atoms with Crippen LogP contribution in [-0.2, 0) is 0 Å². The van der Waals surface area contributed by atoms with Gasteiger partial charge < -0.3 is 4.90 Å². The predicted molar refractivity (Wildman–Crippen MR) is 83.0 cm³/mol. The highest BCUT2D eigenvalue weighted by Crippen LogP contribution is 2.24. The van der Waals surface area contributed by atoms with Crippen molar-refractivity contribution in [3.05, 3.63) is 35.9 Å². The van der Waals surface area contributed by atoms with E-state index in [0.717, 1.165) is 22.8 Å². The number of hydrogen-bond donors (Lipinski definition) is 0. The van der Waals surface area contributed by atoms with Gasteiger partial charge in [-0.1, -0.05) is 18.2 Å². The van der Waals surface area contributed by atoms with E-state index in [9.17, 15) is 0 Å². The van der Waals surface area contributed by atoms with E-state index in [1.54, 1.807) is 0 Å². The van der Waals surface area contributed by atoms with Gasteiger partial charge in [0.2, 0.25) is 0 Å². The van der Waals surface area contributed by atoms with E-state index in [1.165, 1.54) is 10.9 Å². The smallest absolute Gasteiger partial charge is 0.0997 e. The van der Waals surface area contributed by atoms with Crippen LogP contribution in [0.3, 0.4) is 0 Å². The summed E-state index contributed by atoms with van der Waals surface area (Å²) in [6.07, 6.45) is 0. The summed E-state index contributed by atoms with van der Waals surface area (Å²) >= 11 is 1.84. The molecule has 0 spiro atoms. The molecule has 0 aliphatic rings. The molecule has 0 N–H and O–H groups in total. The molecular formula is C14H19ClN2S. The van der Waals surface area contributed by atoms with Crippen molar-refractivity contribution >= 4 is 35.1 Å². The third-order valence-electron chi connectivity index (χ3n) is 2.65. The van der Waals surface area contributed by atoms with E-state index < -0.39 is 0 Å². The fourth-order valence-corrected chi connectivity index (χ4v) is 2.77. The van der Waals surface area contributed by atoms with Crippen LogP contribution in [0.2, 0.25) is 0 Å². The second kappa shape index (κ2) is 6.98. The average Bonchev–Trinajstić information content (AvgIpc) is 2.29. The van der Waals surface area contributed by atoms with Gasteiger partial charge in [0, 0.05) is 17.7 Å². The van der Waals surface area contributed by atoms with Crippen LogP contribution in [0.5, 0.6) is 0 Å². The Kier molecular flexibility index (Phi) is 5.93. The van der Waals surface area contributed by atoms with E-state index in [2.05, 4.69) is 50.2 Å². The molecule has 0 aliphatic carbocycles. The largest absolute Gasteiger partial charge is 0.309 e. The third-order valence-corrected chi connectivity index (χ3v) is 3.72. The second-order valence-corrected chi connectivity index (χ2v) is 5.54. The Morgan fingerprint density at radius 3 is 2.67 bits per heavy atom. The van der Waals surface area contributed by atoms with Crippen LogP contribution in [-0.4, -0.2) is 36.3 Å². The van der Waals surface area contributed by atoms with Gasteiger partial charge in [-0.3, -0.25) is 0 Å². The Balaban J connectivity index is 0.00000162. The molecule has 98 valence electrons. The maximum absolute atomic E-state index is 4.72. The summed E-state index contributed by atoms with van der Waals surface area (Å²) in [7, 11) is 4.20. The summed E-state index contributed by atoms with van der Waals surface area (Å²) in [4.78, 5) is 6.91. The van der Waals surface area contributed by atoms with Crippen LogP contribution >= 0.6 is 24.2 Å². The van der Waals surface area contributed by atoms with Gasteiger partial charge >= 0.3 is 0 Å². The summed E-state index contributed by atoms with van der Waals surface area (Å²) in [6, 6.07) is 10.5. The minimum absolute atomic E-state index is 0. The fourth-order valence-electron chi connectivity index (χ4n) is 1.67. The quantitative estimate of drug-likeness (QED) is 0.797. The Morgan fingerprint density at radius 2 is 1.94 bits per heavy atom. The number of nitrogens with zero attached hydrogens (tertiary/aromatic N) is 2. The molecule has 2 aromatic rings. The number of hydrogen-bond acceptors (Lipinski definition) is 3. The number of halogens is 1. The maximum Gasteiger partial charge on any atom is 0.0997 e. The first-order valence-corrected chi connectivity index (χ1v) is 6.79. The normalized spacial score (nSPS) is 10.7. The molecular weight excluding hydrogens is 264 g/mol. The summed E-state index contributed by atoms with van der Waals surface area (Å²) in [5.41, 5.74) is 2.36. The van der Waals surface area contributed by atoms with Crippen molar-refractivity contribution in [1.29, 1.82) is 0 Å². The molecule has 1 aromatic heterocycles. The van der Waals surface area contributed by atoms with Crippen LogP contribution in [0.4, 0.5) is 0 Å². The van der Waals surface area contributed by atoms with Crippen molar-refractivity contribution in [1.82, 2.24) is 9.88 Å². The van der Waals surface area contributed by atoms with Crippen molar-refractivity contribution in [2.75, 3.05) is 26.4 Å².